The van der Waals surface area contributed by atoms with E-state index in [4.69, 9.17) is 9.15 Å². The molecular formula is C18H19N3O4. The standard InChI is InChI=1S/C18H19N3O4/c22-15(20-17(6-7-17)14-11-24-12-19-14)18(8-9-18)21-16(23)25-10-13-4-2-1-3-5-13/h1-5,11-12H,6-10H2,(H,20,22)(H,21,23). The molecule has 7 heteroatoms. The summed E-state index contributed by atoms with van der Waals surface area (Å²) in [6.45, 7) is 0.174. The number of nitrogens with one attached hydrogen (secondary N) is 2. The zero-order valence-corrected chi connectivity index (χ0v) is 13.7. The molecule has 1 aromatic heterocycles. The number of benzene rings is 1. The first-order valence-corrected chi connectivity index (χ1v) is 8.32. The molecule has 2 N–H and O–H groups in total. The molecule has 2 fully saturated rings. The predicted octanol–water partition coefficient (Wildman–Crippen LogP) is 2.24. The quantitative estimate of drug-likeness (QED) is 0.840. The Kier molecular flexibility index (Phi) is 3.71. The zero-order chi connectivity index (χ0) is 17.3. The van der Waals surface area contributed by atoms with E-state index in [9.17, 15) is 9.59 Å². The van der Waals surface area contributed by atoms with Gasteiger partial charge >= 0.3 is 6.09 Å². The molecule has 7 nitrogen and oxygen atoms in total. The van der Waals surface area contributed by atoms with Gasteiger partial charge in [0.05, 0.1) is 5.54 Å². The second kappa shape index (κ2) is 5.91. The molecule has 0 radical (unpaired) electrons. The van der Waals surface area contributed by atoms with E-state index in [-0.39, 0.29) is 12.5 Å². The summed E-state index contributed by atoms with van der Waals surface area (Å²) < 4.78 is 10.2. The van der Waals surface area contributed by atoms with Gasteiger partial charge in [0, 0.05) is 0 Å². The van der Waals surface area contributed by atoms with Crippen LogP contribution in [-0.2, 0) is 21.7 Å². The summed E-state index contributed by atoms with van der Waals surface area (Å²) in [6, 6.07) is 9.41. The SMILES string of the molecule is O=C(NC1(C(=O)NC2(c3cocn3)CC2)CC1)OCc1ccccc1. The van der Waals surface area contributed by atoms with E-state index < -0.39 is 17.2 Å². The molecule has 25 heavy (non-hydrogen) atoms. The van der Waals surface area contributed by atoms with Crippen molar-refractivity contribution in [3.05, 3.63) is 54.2 Å². The van der Waals surface area contributed by atoms with Crippen LogP contribution in [0.3, 0.4) is 0 Å². The fourth-order valence-electron chi connectivity index (χ4n) is 2.84. The molecule has 1 heterocycles. The predicted molar refractivity (Wildman–Crippen MR) is 87.3 cm³/mol. The van der Waals surface area contributed by atoms with Crippen LogP contribution in [0.15, 0.2) is 47.4 Å². The Morgan fingerprint density at radius 2 is 1.88 bits per heavy atom. The Morgan fingerprint density at radius 1 is 1.12 bits per heavy atom. The summed E-state index contributed by atoms with van der Waals surface area (Å²) in [4.78, 5) is 28.8. The van der Waals surface area contributed by atoms with Gasteiger partial charge < -0.3 is 19.8 Å². The number of oxazole rings is 1. The first-order chi connectivity index (χ1) is 12.1. The van der Waals surface area contributed by atoms with Crippen molar-refractivity contribution in [2.24, 2.45) is 0 Å². The van der Waals surface area contributed by atoms with Gasteiger partial charge in [-0.1, -0.05) is 30.3 Å². The molecular weight excluding hydrogens is 322 g/mol. The molecule has 2 saturated carbocycles. The van der Waals surface area contributed by atoms with E-state index in [2.05, 4.69) is 15.6 Å². The number of carbonyl (C=O) groups excluding carboxylic acids is 2. The van der Waals surface area contributed by atoms with Crippen LogP contribution >= 0.6 is 0 Å². The molecule has 4 rings (SSSR count). The van der Waals surface area contributed by atoms with Crippen molar-refractivity contribution in [1.29, 1.82) is 0 Å². The van der Waals surface area contributed by atoms with Crippen molar-refractivity contribution < 1.29 is 18.7 Å². The maximum atomic E-state index is 12.6. The van der Waals surface area contributed by atoms with Crippen LogP contribution in [0.4, 0.5) is 4.79 Å². The number of hydrogen-bond acceptors (Lipinski definition) is 5. The van der Waals surface area contributed by atoms with E-state index in [1.54, 1.807) is 6.26 Å². The van der Waals surface area contributed by atoms with Crippen LogP contribution in [0.25, 0.3) is 0 Å². The second-order valence-corrected chi connectivity index (χ2v) is 6.68. The minimum Gasteiger partial charge on any atom is -0.451 e. The van der Waals surface area contributed by atoms with Gasteiger partial charge in [0.25, 0.3) is 0 Å². The molecule has 0 aliphatic heterocycles. The van der Waals surface area contributed by atoms with Gasteiger partial charge in [0.15, 0.2) is 6.39 Å². The van der Waals surface area contributed by atoms with Crippen LogP contribution < -0.4 is 10.6 Å². The van der Waals surface area contributed by atoms with Crippen LogP contribution in [0, 0.1) is 0 Å². The molecule has 0 spiro atoms. The number of ether oxygens (including phenoxy) is 1. The van der Waals surface area contributed by atoms with E-state index in [0.29, 0.717) is 12.8 Å². The first kappa shape index (κ1) is 15.7. The Balaban J connectivity index is 1.33. The van der Waals surface area contributed by atoms with Crippen LogP contribution in [-0.4, -0.2) is 22.5 Å². The molecule has 2 aliphatic rings. The highest BCUT2D eigenvalue weighted by Crippen LogP contribution is 2.46. The molecule has 0 unspecified atom stereocenters. The first-order valence-electron chi connectivity index (χ1n) is 8.32. The van der Waals surface area contributed by atoms with Gasteiger partial charge in [-0.25, -0.2) is 9.78 Å². The molecule has 0 atom stereocenters. The van der Waals surface area contributed by atoms with Crippen molar-refractivity contribution in [3.63, 3.8) is 0 Å². The second-order valence-electron chi connectivity index (χ2n) is 6.68. The van der Waals surface area contributed by atoms with Crippen molar-refractivity contribution in [3.8, 4) is 0 Å². The molecule has 0 saturated heterocycles. The highest BCUT2D eigenvalue weighted by atomic mass is 16.5. The van der Waals surface area contributed by atoms with Crippen molar-refractivity contribution in [2.75, 3.05) is 0 Å². The lowest BCUT2D eigenvalue weighted by Gasteiger charge is -2.21. The van der Waals surface area contributed by atoms with E-state index >= 15 is 0 Å². The summed E-state index contributed by atoms with van der Waals surface area (Å²) in [5.41, 5.74) is 0.306. The molecule has 2 amide bonds. The van der Waals surface area contributed by atoms with E-state index in [1.807, 2.05) is 30.3 Å². The maximum absolute atomic E-state index is 12.6. The minimum atomic E-state index is -0.868. The minimum absolute atomic E-state index is 0.174. The third-order valence-electron chi connectivity index (χ3n) is 4.76. The monoisotopic (exact) mass is 341 g/mol. The number of hydrogen-bond donors (Lipinski definition) is 2. The largest absolute Gasteiger partial charge is 0.451 e. The molecule has 1 aromatic carbocycles. The van der Waals surface area contributed by atoms with E-state index in [0.717, 1.165) is 24.1 Å². The van der Waals surface area contributed by atoms with Gasteiger partial charge in [-0.15, -0.1) is 0 Å². The van der Waals surface area contributed by atoms with Gasteiger partial charge in [-0.05, 0) is 31.2 Å². The van der Waals surface area contributed by atoms with Gasteiger partial charge in [0.2, 0.25) is 5.91 Å². The number of rotatable bonds is 6. The fraction of sp³-hybridized carbons (Fsp3) is 0.389. The maximum Gasteiger partial charge on any atom is 0.408 e. The summed E-state index contributed by atoms with van der Waals surface area (Å²) >= 11 is 0. The lowest BCUT2D eigenvalue weighted by Crippen LogP contribution is -2.51. The van der Waals surface area contributed by atoms with Gasteiger partial charge in [-0.2, -0.15) is 0 Å². The Bertz CT molecular complexity index is 765. The molecule has 2 aromatic rings. The van der Waals surface area contributed by atoms with Gasteiger partial charge in [0.1, 0.15) is 24.1 Å². The number of nitrogens with zero attached hydrogens (tertiary/aromatic N) is 1. The Morgan fingerprint density at radius 3 is 2.48 bits per heavy atom. The van der Waals surface area contributed by atoms with Crippen molar-refractivity contribution in [2.45, 2.75) is 43.4 Å². The smallest absolute Gasteiger partial charge is 0.408 e. The molecule has 130 valence electrons. The van der Waals surface area contributed by atoms with Crippen LogP contribution in [0.1, 0.15) is 36.9 Å². The van der Waals surface area contributed by atoms with Crippen molar-refractivity contribution >= 4 is 12.0 Å². The number of alkyl carbamates (subject to hydrolysis) is 1. The molecule has 2 aliphatic carbocycles. The summed E-state index contributed by atoms with van der Waals surface area (Å²) in [5.74, 6) is -0.190. The van der Waals surface area contributed by atoms with Gasteiger partial charge in [-0.3, -0.25) is 4.79 Å². The third-order valence-corrected chi connectivity index (χ3v) is 4.76. The lowest BCUT2D eigenvalue weighted by molar-refractivity contribution is -0.125. The van der Waals surface area contributed by atoms with Crippen LogP contribution in [0.2, 0.25) is 0 Å². The summed E-state index contributed by atoms with van der Waals surface area (Å²) in [7, 11) is 0. The topological polar surface area (TPSA) is 93.5 Å². The number of aromatic nitrogens is 1. The Labute approximate surface area is 144 Å². The lowest BCUT2D eigenvalue weighted by atomic mass is 10.1. The molecule has 0 bridgehead atoms. The fourth-order valence-corrected chi connectivity index (χ4v) is 2.84. The van der Waals surface area contributed by atoms with Crippen molar-refractivity contribution in [1.82, 2.24) is 15.6 Å². The summed E-state index contributed by atoms with van der Waals surface area (Å²) in [6.07, 6.45) is 5.17. The zero-order valence-electron chi connectivity index (χ0n) is 13.7. The summed E-state index contributed by atoms with van der Waals surface area (Å²) in [5, 5.41) is 5.74. The average Bonchev–Trinajstić information content (AvgIpc) is 3.52. The van der Waals surface area contributed by atoms with Crippen LogP contribution in [0.5, 0.6) is 0 Å². The number of carbonyl (C=O) groups is 2. The highest BCUT2D eigenvalue weighted by molar-refractivity contribution is 5.93. The normalized spacial score (nSPS) is 18.9. The number of amides is 2. The highest BCUT2D eigenvalue weighted by Gasteiger charge is 2.56. The average molecular weight is 341 g/mol. The third kappa shape index (κ3) is 3.22. The Hall–Kier alpha value is -2.83. The van der Waals surface area contributed by atoms with E-state index in [1.165, 1.54) is 6.39 Å².